The normalized spacial score (nSPS) is 34.1. The van der Waals surface area contributed by atoms with Gasteiger partial charge in [-0.2, -0.15) is 0 Å². The molecule has 2 heterocycles. The molecule has 0 radical (unpaired) electrons. The molecule has 3 nitrogen and oxygen atoms in total. The zero-order valence-corrected chi connectivity index (χ0v) is 6.83. The fourth-order valence-corrected chi connectivity index (χ4v) is 1.84. The summed E-state index contributed by atoms with van der Waals surface area (Å²) in [5.74, 6) is 0. The minimum atomic E-state index is 0.427. The van der Waals surface area contributed by atoms with Crippen molar-refractivity contribution < 1.29 is 4.74 Å². The standard InChI is InChI=1S/C8H16N2O/c9-7-4-10(5-7)6-8-2-1-3-11-8/h7-8H,1-6,9H2/t8-/m1/s1. The Morgan fingerprint density at radius 2 is 2.27 bits per heavy atom. The molecule has 0 amide bonds. The summed E-state index contributed by atoms with van der Waals surface area (Å²) in [5.41, 5.74) is 5.66. The van der Waals surface area contributed by atoms with Gasteiger partial charge in [0.05, 0.1) is 6.10 Å². The van der Waals surface area contributed by atoms with Crippen LogP contribution in [0.3, 0.4) is 0 Å². The van der Waals surface area contributed by atoms with Gasteiger partial charge < -0.3 is 10.5 Å². The first-order chi connectivity index (χ1) is 5.34. The van der Waals surface area contributed by atoms with Crippen molar-refractivity contribution in [2.75, 3.05) is 26.2 Å². The molecule has 11 heavy (non-hydrogen) atoms. The molecule has 0 aliphatic carbocycles. The summed E-state index contributed by atoms with van der Waals surface area (Å²) in [6.07, 6.45) is 2.98. The molecule has 0 saturated carbocycles. The van der Waals surface area contributed by atoms with Gasteiger partial charge in [0.15, 0.2) is 0 Å². The molecule has 0 unspecified atom stereocenters. The van der Waals surface area contributed by atoms with Crippen molar-refractivity contribution in [3.05, 3.63) is 0 Å². The number of rotatable bonds is 2. The third-order valence-corrected chi connectivity index (χ3v) is 2.47. The van der Waals surface area contributed by atoms with Gasteiger partial charge in [0.2, 0.25) is 0 Å². The third kappa shape index (κ3) is 1.72. The number of likely N-dealkylation sites (tertiary alicyclic amines) is 1. The highest BCUT2D eigenvalue weighted by molar-refractivity contribution is 4.84. The molecule has 0 aromatic rings. The van der Waals surface area contributed by atoms with Crippen LogP contribution in [0.5, 0.6) is 0 Å². The molecule has 2 fully saturated rings. The minimum Gasteiger partial charge on any atom is -0.377 e. The van der Waals surface area contributed by atoms with Crippen molar-refractivity contribution in [1.82, 2.24) is 4.90 Å². The SMILES string of the molecule is NC1CN(C[C@H]2CCCO2)C1. The van der Waals surface area contributed by atoms with Gasteiger partial charge in [0.25, 0.3) is 0 Å². The molecule has 2 rings (SSSR count). The highest BCUT2D eigenvalue weighted by atomic mass is 16.5. The molecule has 2 aliphatic heterocycles. The van der Waals surface area contributed by atoms with Crippen LogP contribution >= 0.6 is 0 Å². The zero-order valence-electron chi connectivity index (χ0n) is 6.83. The van der Waals surface area contributed by atoms with Gasteiger partial charge in [0.1, 0.15) is 0 Å². The van der Waals surface area contributed by atoms with Crippen LogP contribution in [0.25, 0.3) is 0 Å². The van der Waals surface area contributed by atoms with Crippen LogP contribution in [-0.4, -0.2) is 43.3 Å². The Balaban J connectivity index is 1.66. The Hall–Kier alpha value is -0.120. The molecule has 2 saturated heterocycles. The third-order valence-electron chi connectivity index (χ3n) is 2.47. The van der Waals surface area contributed by atoms with Gasteiger partial charge in [-0.05, 0) is 12.8 Å². The zero-order chi connectivity index (χ0) is 7.68. The summed E-state index contributed by atoms with van der Waals surface area (Å²) >= 11 is 0. The van der Waals surface area contributed by atoms with Gasteiger partial charge in [-0.15, -0.1) is 0 Å². The van der Waals surface area contributed by atoms with Crippen LogP contribution in [0, 0.1) is 0 Å². The van der Waals surface area contributed by atoms with E-state index in [4.69, 9.17) is 10.5 Å². The summed E-state index contributed by atoms with van der Waals surface area (Å²) in [7, 11) is 0. The average molecular weight is 156 g/mol. The summed E-state index contributed by atoms with van der Waals surface area (Å²) in [6.45, 7) is 4.21. The van der Waals surface area contributed by atoms with E-state index in [0.717, 1.165) is 26.2 Å². The van der Waals surface area contributed by atoms with E-state index in [9.17, 15) is 0 Å². The second-order valence-electron chi connectivity index (χ2n) is 3.61. The van der Waals surface area contributed by atoms with E-state index in [1.54, 1.807) is 0 Å². The predicted molar refractivity (Wildman–Crippen MR) is 43.4 cm³/mol. The molecule has 1 atom stereocenters. The van der Waals surface area contributed by atoms with E-state index in [1.165, 1.54) is 12.8 Å². The maximum Gasteiger partial charge on any atom is 0.0702 e. The van der Waals surface area contributed by atoms with E-state index >= 15 is 0 Å². The van der Waals surface area contributed by atoms with E-state index in [1.807, 2.05) is 0 Å². The van der Waals surface area contributed by atoms with Crippen molar-refractivity contribution in [2.24, 2.45) is 5.73 Å². The van der Waals surface area contributed by atoms with E-state index in [-0.39, 0.29) is 0 Å². The maximum atomic E-state index is 5.66. The lowest BCUT2D eigenvalue weighted by molar-refractivity contribution is 0.0434. The highest BCUT2D eigenvalue weighted by Gasteiger charge is 2.27. The summed E-state index contributed by atoms with van der Waals surface area (Å²) in [4.78, 5) is 2.38. The van der Waals surface area contributed by atoms with Crippen LogP contribution in [0.15, 0.2) is 0 Å². The molecule has 0 aromatic carbocycles. The Morgan fingerprint density at radius 1 is 1.45 bits per heavy atom. The minimum absolute atomic E-state index is 0.427. The van der Waals surface area contributed by atoms with E-state index in [0.29, 0.717) is 12.1 Å². The Morgan fingerprint density at radius 3 is 2.82 bits per heavy atom. The molecule has 0 bridgehead atoms. The molecule has 0 aromatic heterocycles. The Kier molecular flexibility index (Phi) is 2.11. The number of ether oxygens (including phenoxy) is 1. The van der Waals surface area contributed by atoms with Crippen molar-refractivity contribution in [3.8, 4) is 0 Å². The van der Waals surface area contributed by atoms with Crippen LogP contribution in [-0.2, 0) is 4.74 Å². The number of nitrogens with zero attached hydrogens (tertiary/aromatic N) is 1. The van der Waals surface area contributed by atoms with Crippen molar-refractivity contribution in [1.29, 1.82) is 0 Å². The lowest BCUT2D eigenvalue weighted by Gasteiger charge is -2.38. The number of hydrogen-bond acceptors (Lipinski definition) is 3. The Bertz CT molecular complexity index is 128. The van der Waals surface area contributed by atoms with E-state index in [2.05, 4.69) is 4.90 Å². The first kappa shape index (κ1) is 7.53. The summed E-state index contributed by atoms with van der Waals surface area (Å²) in [5, 5.41) is 0. The quantitative estimate of drug-likeness (QED) is 0.602. The van der Waals surface area contributed by atoms with Crippen molar-refractivity contribution in [3.63, 3.8) is 0 Å². The van der Waals surface area contributed by atoms with Crippen LogP contribution in [0.1, 0.15) is 12.8 Å². The van der Waals surface area contributed by atoms with Crippen molar-refractivity contribution >= 4 is 0 Å². The number of nitrogens with two attached hydrogens (primary N) is 1. The van der Waals surface area contributed by atoms with Crippen molar-refractivity contribution in [2.45, 2.75) is 25.0 Å². The van der Waals surface area contributed by atoms with Gasteiger partial charge in [0, 0.05) is 32.3 Å². The number of hydrogen-bond donors (Lipinski definition) is 1. The first-order valence-electron chi connectivity index (χ1n) is 4.44. The summed E-state index contributed by atoms with van der Waals surface area (Å²) < 4.78 is 5.51. The van der Waals surface area contributed by atoms with Gasteiger partial charge in [-0.25, -0.2) is 0 Å². The van der Waals surface area contributed by atoms with Gasteiger partial charge in [-0.1, -0.05) is 0 Å². The molecule has 64 valence electrons. The van der Waals surface area contributed by atoms with Gasteiger partial charge >= 0.3 is 0 Å². The molecule has 2 N–H and O–H groups in total. The summed E-state index contributed by atoms with van der Waals surface area (Å²) in [6, 6.07) is 0.427. The Labute approximate surface area is 67.5 Å². The molecule has 2 aliphatic rings. The average Bonchev–Trinajstić information content (AvgIpc) is 2.36. The van der Waals surface area contributed by atoms with Crippen LogP contribution in [0.4, 0.5) is 0 Å². The lowest BCUT2D eigenvalue weighted by atomic mass is 10.1. The molecule has 0 spiro atoms. The fraction of sp³-hybridized carbons (Fsp3) is 1.00. The molecular formula is C8H16N2O. The largest absolute Gasteiger partial charge is 0.377 e. The fourth-order valence-electron chi connectivity index (χ4n) is 1.84. The maximum absolute atomic E-state index is 5.66. The second-order valence-corrected chi connectivity index (χ2v) is 3.61. The van der Waals surface area contributed by atoms with E-state index < -0.39 is 0 Å². The molecule has 3 heteroatoms. The smallest absolute Gasteiger partial charge is 0.0702 e. The first-order valence-corrected chi connectivity index (χ1v) is 4.44. The van der Waals surface area contributed by atoms with Crippen LogP contribution in [0.2, 0.25) is 0 Å². The highest BCUT2D eigenvalue weighted by Crippen LogP contribution is 2.15. The predicted octanol–water partition coefficient (Wildman–Crippen LogP) is -0.192. The van der Waals surface area contributed by atoms with Crippen LogP contribution < -0.4 is 5.73 Å². The lowest BCUT2D eigenvalue weighted by Crippen LogP contribution is -2.57. The molecular weight excluding hydrogens is 140 g/mol. The second kappa shape index (κ2) is 3.09. The monoisotopic (exact) mass is 156 g/mol. The van der Waals surface area contributed by atoms with Gasteiger partial charge in [-0.3, -0.25) is 4.90 Å². The topological polar surface area (TPSA) is 38.5 Å².